The predicted molar refractivity (Wildman–Crippen MR) is 67.8 cm³/mol. The molecule has 0 radical (unpaired) electrons. The molecule has 1 aromatic rings. The zero-order valence-electron chi connectivity index (χ0n) is 9.58. The molecule has 96 valence electrons. The summed E-state index contributed by atoms with van der Waals surface area (Å²) in [7, 11) is 4.39. The molecule has 17 heavy (non-hydrogen) atoms. The van der Waals surface area contributed by atoms with Crippen LogP contribution < -0.4 is 9.47 Å². The van der Waals surface area contributed by atoms with Gasteiger partial charge < -0.3 is 9.47 Å². The Morgan fingerprint density at radius 3 is 2.29 bits per heavy atom. The molecule has 1 aromatic carbocycles. The quantitative estimate of drug-likeness (QED) is 0.802. The fourth-order valence-electron chi connectivity index (χ4n) is 1.51. The van der Waals surface area contributed by atoms with Gasteiger partial charge in [0.1, 0.15) is 11.5 Å². The van der Waals surface area contributed by atoms with Crippen molar-refractivity contribution < 1.29 is 17.9 Å². The molecule has 0 aromatic heterocycles. The molecule has 0 saturated heterocycles. The maximum Gasteiger partial charge on any atom is 0.236 e. The van der Waals surface area contributed by atoms with Gasteiger partial charge >= 0.3 is 0 Å². The third-order valence-electron chi connectivity index (χ3n) is 2.21. The molecule has 0 heterocycles. The molecule has 0 amide bonds. The van der Waals surface area contributed by atoms with Crippen molar-refractivity contribution in [1.29, 1.82) is 0 Å². The summed E-state index contributed by atoms with van der Waals surface area (Å²) in [6.45, 7) is 1.78. The van der Waals surface area contributed by atoms with Crippen molar-refractivity contribution in [2.75, 3.05) is 14.2 Å². The van der Waals surface area contributed by atoms with E-state index in [4.69, 9.17) is 31.8 Å². The lowest BCUT2D eigenvalue weighted by molar-refractivity contribution is 0.398. The zero-order valence-corrected chi connectivity index (χ0v) is 11.9. The molecule has 0 aliphatic carbocycles. The minimum Gasteiger partial charge on any atom is -0.496 e. The van der Waals surface area contributed by atoms with Gasteiger partial charge in [-0.15, -0.1) is 0 Å². The molecule has 1 rings (SSSR count). The summed E-state index contributed by atoms with van der Waals surface area (Å²) in [6, 6.07) is 1.65. The number of halogens is 2. The molecule has 0 saturated carbocycles. The number of rotatable bonds is 4. The van der Waals surface area contributed by atoms with E-state index in [2.05, 4.69) is 0 Å². The predicted octanol–water partition coefficient (Wildman–Crippen LogP) is 2.73. The molecule has 0 unspecified atom stereocenters. The van der Waals surface area contributed by atoms with Crippen molar-refractivity contribution in [1.82, 2.24) is 0 Å². The smallest absolute Gasteiger partial charge is 0.236 e. The number of ether oxygens (including phenoxy) is 2. The minimum atomic E-state index is -3.72. The molecule has 0 bridgehead atoms. The zero-order chi connectivity index (χ0) is 13.2. The van der Waals surface area contributed by atoms with Crippen LogP contribution in [0.1, 0.15) is 11.1 Å². The first-order valence-electron chi connectivity index (χ1n) is 4.62. The first-order chi connectivity index (χ1) is 7.80. The molecule has 0 spiro atoms. The summed E-state index contributed by atoms with van der Waals surface area (Å²) >= 11 is 6.08. The Bertz CT molecular complexity index is 526. The molecule has 0 aliphatic rings. The maximum absolute atomic E-state index is 11.1. The van der Waals surface area contributed by atoms with E-state index in [0.29, 0.717) is 17.1 Å². The van der Waals surface area contributed by atoms with Gasteiger partial charge in [0.2, 0.25) is 9.05 Å². The van der Waals surface area contributed by atoms with E-state index < -0.39 is 14.8 Å². The van der Waals surface area contributed by atoms with Crippen LogP contribution in [-0.4, -0.2) is 22.6 Å². The Morgan fingerprint density at radius 1 is 1.29 bits per heavy atom. The van der Waals surface area contributed by atoms with E-state index in [1.165, 1.54) is 14.2 Å². The first kappa shape index (κ1) is 14.4. The van der Waals surface area contributed by atoms with E-state index in [1.54, 1.807) is 13.0 Å². The van der Waals surface area contributed by atoms with Gasteiger partial charge in [0.25, 0.3) is 0 Å². The second-order valence-electron chi connectivity index (χ2n) is 3.40. The number of benzene rings is 1. The Kier molecular flexibility index (Phi) is 4.52. The number of aryl methyl sites for hydroxylation is 1. The SMILES string of the molecule is COc1cc(C)c(OC)c(Cl)c1CS(=O)(=O)Cl. The Hall–Kier alpha value is -0.650. The van der Waals surface area contributed by atoms with E-state index in [0.717, 1.165) is 5.56 Å². The first-order valence-corrected chi connectivity index (χ1v) is 7.48. The summed E-state index contributed by atoms with van der Waals surface area (Å²) in [6.07, 6.45) is 0. The topological polar surface area (TPSA) is 52.6 Å². The second-order valence-corrected chi connectivity index (χ2v) is 6.56. The largest absolute Gasteiger partial charge is 0.496 e. The van der Waals surface area contributed by atoms with Crippen LogP contribution in [0.15, 0.2) is 6.07 Å². The Balaban J connectivity index is 3.45. The van der Waals surface area contributed by atoms with Gasteiger partial charge in [0.05, 0.1) is 25.0 Å². The van der Waals surface area contributed by atoms with Gasteiger partial charge in [0, 0.05) is 16.2 Å². The van der Waals surface area contributed by atoms with E-state index in [9.17, 15) is 8.42 Å². The average molecular weight is 299 g/mol. The van der Waals surface area contributed by atoms with Crippen molar-refractivity contribution in [2.45, 2.75) is 12.7 Å². The van der Waals surface area contributed by atoms with Crippen LogP contribution in [0, 0.1) is 6.92 Å². The highest BCUT2D eigenvalue weighted by atomic mass is 35.7. The summed E-state index contributed by atoms with van der Waals surface area (Å²) in [5, 5.41) is 0.202. The molecule has 4 nitrogen and oxygen atoms in total. The summed E-state index contributed by atoms with van der Waals surface area (Å²) in [4.78, 5) is 0. The van der Waals surface area contributed by atoms with Gasteiger partial charge in [-0.05, 0) is 18.6 Å². The Labute approximate surface area is 110 Å². The van der Waals surface area contributed by atoms with Crippen LogP contribution in [0.25, 0.3) is 0 Å². The van der Waals surface area contributed by atoms with Crippen molar-refractivity contribution in [3.63, 3.8) is 0 Å². The van der Waals surface area contributed by atoms with Crippen molar-refractivity contribution in [2.24, 2.45) is 0 Å². The van der Waals surface area contributed by atoms with Crippen molar-refractivity contribution >= 4 is 31.3 Å². The van der Waals surface area contributed by atoms with Gasteiger partial charge in [-0.2, -0.15) is 0 Å². The van der Waals surface area contributed by atoms with Crippen molar-refractivity contribution in [3.8, 4) is 11.5 Å². The second kappa shape index (κ2) is 5.33. The van der Waals surface area contributed by atoms with Crippen LogP contribution in [0.5, 0.6) is 11.5 Å². The lowest BCUT2D eigenvalue weighted by Gasteiger charge is -2.14. The molecular formula is C10H12Cl2O4S. The lowest BCUT2D eigenvalue weighted by atomic mass is 10.1. The normalized spacial score (nSPS) is 11.4. The summed E-state index contributed by atoms with van der Waals surface area (Å²) in [5.41, 5.74) is 1.05. The third-order valence-corrected chi connectivity index (χ3v) is 3.57. The molecule has 7 heteroatoms. The highest BCUT2D eigenvalue weighted by Gasteiger charge is 2.20. The van der Waals surface area contributed by atoms with E-state index >= 15 is 0 Å². The minimum absolute atomic E-state index is 0.202. The number of methoxy groups -OCH3 is 2. The van der Waals surface area contributed by atoms with Gasteiger partial charge in [0.15, 0.2) is 0 Å². The van der Waals surface area contributed by atoms with Crippen LogP contribution in [0.4, 0.5) is 0 Å². The van der Waals surface area contributed by atoms with E-state index in [-0.39, 0.29) is 5.02 Å². The van der Waals surface area contributed by atoms with Crippen LogP contribution in [0.3, 0.4) is 0 Å². The fraction of sp³-hybridized carbons (Fsp3) is 0.400. The fourth-order valence-corrected chi connectivity index (χ4v) is 2.93. The maximum atomic E-state index is 11.1. The van der Waals surface area contributed by atoms with Crippen LogP contribution in [-0.2, 0) is 14.8 Å². The standard InChI is InChI=1S/C10H12Cl2O4S/c1-6-4-8(15-2)7(5-17(12,13)14)9(11)10(6)16-3/h4H,5H2,1-3H3. The molecule has 0 N–H and O–H groups in total. The number of hydrogen-bond acceptors (Lipinski definition) is 4. The molecule has 0 aliphatic heterocycles. The van der Waals surface area contributed by atoms with Crippen molar-refractivity contribution in [3.05, 3.63) is 22.2 Å². The molecular weight excluding hydrogens is 287 g/mol. The summed E-state index contributed by atoms with van der Waals surface area (Å²) < 4.78 is 32.4. The number of hydrogen-bond donors (Lipinski definition) is 0. The van der Waals surface area contributed by atoms with Crippen LogP contribution >= 0.6 is 22.3 Å². The van der Waals surface area contributed by atoms with Crippen LogP contribution in [0.2, 0.25) is 5.02 Å². The van der Waals surface area contributed by atoms with Gasteiger partial charge in [-0.25, -0.2) is 8.42 Å². The van der Waals surface area contributed by atoms with Gasteiger partial charge in [-0.3, -0.25) is 0 Å². The molecule has 0 fully saturated rings. The summed E-state index contributed by atoms with van der Waals surface area (Å²) in [5.74, 6) is 0.382. The van der Waals surface area contributed by atoms with E-state index in [1.807, 2.05) is 0 Å². The molecule has 0 atom stereocenters. The lowest BCUT2D eigenvalue weighted by Crippen LogP contribution is -2.02. The highest BCUT2D eigenvalue weighted by Crippen LogP contribution is 2.39. The Morgan fingerprint density at radius 2 is 1.88 bits per heavy atom. The van der Waals surface area contributed by atoms with Gasteiger partial charge in [-0.1, -0.05) is 11.6 Å². The monoisotopic (exact) mass is 298 g/mol. The third kappa shape index (κ3) is 3.40. The average Bonchev–Trinajstić information content (AvgIpc) is 2.21. The highest BCUT2D eigenvalue weighted by molar-refractivity contribution is 8.13.